The molecule has 0 fully saturated rings. The van der Waals surface area contributed by atoms with Crippen LogP contribution in [0, 0.1) is 0 Å². The van der Waals surface area contributed by atoms with E-state index < -0.39 is 20.0 Å². The lowest BCUT2D eigenvalue weighted by molar-refractivity contribution is 0.0954. The summed E-state index contributed by atoms with van der Waals surface area (Å²) in [5.74, 6) is -0.282. The Hall–Kier alpha value is -3.94. The molecule has 1 amide bonds. The monoisotopic (exact) mass is 593 g/mol. The Kier molecular flexibility index (Phi) is 9.63. The molecular formula is C29H31N5O5S2. The molecule has 0 atom stereocenters. The molecule has 41 heavy (non-hydrogen) atoms. The third-order valence-electron chi connectivity index (χ3n) is 6.39. The van der Waals surface area contributed by atoms with Crippen LogP contribution in [0.4, 0.5) is 0 Å². The highest BCUT2D eigenvalue weighted by molar-refractivity contribution is 7.89. The number of rotatable bonds is 12. The van der Waals surface area contributed by atoms with Gasteiger partial charge in [0.2, 0.25) is 20.0 Å². The number of primary sulfonamides is 1. The standard InChI is InChI=1S/C29H31N5O5S2/c30-19-23-8-14-28(15-9-23)41(38,39)34(21-26-3-1-2-17-32-26)20-24-4-10-25(11-5-24)29(35)33-18-16-22-6-12-27(13-7-22)40(31,36)37/h1-15,17H,16,18-21,30H2,(H,33,35)(H2,31,36,37). The number of hydrogen-bond donors (Lipinski definition) is 3. The predicted molar refractivity (Wildman–Crippen MR) is 155 cm³/mol. The van der Waals surface area contributed by atoms with Gasteiger partial charge in [0.05, 0.1) is 22.0 Å². The van der Waals surface area contributed by atoms with Crippen molar-refractivity contribution in [3.8, 4) is 0 Å². The van der Waals surface area contributed by atoms with E-state index >= 15 is 0 Å². The minimum Gasteiger partial charge on any atom is -0.352 e. The third kappa shape index (κ3) is 8.06. The Labute approximate surface area is 240 Å². The number of aromatic nitrogens is 1. The highest BCUT2D eigenvalue weighted by Crippen LogP contribution is 2.22. The number of nitrogens with zero attached hydrogens (tertiary/aromatic N) is 2. The van der Waals surface area contributed by atoms with E-state index in [9.17, 15) is 21.6 Å². The van der Waals surface area contributed by atoms with Gasteiger partial charge in [0.1, 0.15) is 0 Å². The van der Waals surface area contributed by atoms with E-state index in [0.29, 0.717) is 36.3 Å². The molecular weight excluding hydrogens is 562 g/mol. The third-order valence-corrected chi connectivity index (χ3v) is 9.12. The Bertz CT molecular complexity index is 1680. The van der Waals surface area contributed by atoms with Crippen molar-refractivity contribution in [3.63, 3.8) is 0 Å². The molecule has 5 N–H and O–H groups in total. The molecule has 10 nitrogen and oxygen atoms in total. The maximum absolute atomic E-state index is 13.6. The number of pyridine rings is 1. The van der Waals surface area contributed by atoms with E-state index in [1.165, 1.54) is 16.4 Å². The maximum atomic E-state index is 13.6. The zero-order valence-electron chi connectivity index (χ0n) is 22.2. The normalized spacial score (nSPS) is 11.9. The summed E-state index contributed by atoms with van der Waals surface area (Å²) in [6, 6.07) is 24.7. The molecule has 214 valence electrons. The van der Waals surface area contributed by atoms with Gasteiger partial charge in [0.25, 0.3) is 5.91 Å². The van der Waals surface area contributed by atoms with Crippen LogP contribution < -0.4 is 16.2 Å². The summed E-state index contributed by atoms with van der Waals surface area (Å²) in [6.07, 6.45) is 2.12. The molecule has 0 radical (unpaired) electrons. The van der Waals surface area contributed by atoms with Crippen LogP contribution in [0.3, 0.4) is 0 Å². The van der Waals surface area contributed by atoms with Gasteiger partial charge >= 0.3 is 0 Å². The molecule has 0 spiro atoms. The van der Waals surface area contributed by atoms with E-state index in [2.05, 4.69) is 10.3 Å². The van der Waals surface area contributed by atoms with Crippen molar-refractivity contribution in [2.45, 2.75) is 35.8 Å². The SMILES string of the molecule is NCc1ccc(S(=O)(=O)N(Cc2ccc(C(=O)NCCc3ccc(S(N)(=O)=O)cc3)cc2)Cc2ccccn2)cc1. The molecule has 4 rings (SSSR count). The van der Waals surface area contributed by atoms with Crippen molar-refractivity contribution >= 4 is 26.0 Å². The summed E-state index contributed by atoms with van der Waals surface area (Å²) in [6.45, 7) is 0.802. The summed E-state index contributed by atoms with van der Waals surface area (Å²) in [4.78, 5) is 17.1. The van der Waals surface area contributed by atoms with Crippen molar-refractivity contribution in [1.29, 1.82) is 0 Å². The average molecular weight is 594 g/mol. The first-order valence-electron chi connectivity index (χ1n) is 12.7. The first-order valence-corrected chi connectivity index (χ1v) is 15.7. The summed E-state index contributed by atoms with van der Waals surface area (Å²) < 4.78 is 51.3. The van der Waals surface area contributed by atoms with Gasteiger partial charge in [-0.05, 0) is 71.6 Å². The molecule has 4 aromatic rings. The van der Waals surface area contributed by atoms with Crippen LogP contribution in [-0.4, -0.2) is 38.6 Å². The van der Waals surface area contributed by atoms with Gasteiger partial charge in [-0.1, -0.05) is 42.5 Å². The smallest absolute Gasteiger partial charge is 0.251 e. The van der Waals surface area contributed by atoms with Crippen molar-refractivity contribution in [2.75, 3.05) is 6.54 Å². The summed E-state index contributed by atoms with van der Waals surface area (Å²) >= 11 is 0. The number of hydrogen-bond acceptors (Lipinski definition) is 7. The number of carbonyl (C=O) groups excluding carboxylic acids is 1. The Balaban J connectivity index is 1.42. The lowest BCUT2D eigenvalue weighted by atomic mass is 10.1. The van der Waals surface area contributed by atoms with Crippen LogP contribution in [0.1, 0.15) is 32.7 Å². The van der Waals surface area contributed by atoms with Crippen molar-refractivity contribution in [3.05, 3.63) is 125 Å². The molecule has 1 heterocycles. The molecule has 0 unspecified atom stereocenters. The zero-order chi connectivity index (χ0) is 29.5. The fourth-order valence-electron chi connectivity index (χ4n) is 4.08. The number of benzene rings is 3. The van der Waals surface area contributed by atoms with Gasteiger partial charge in [-0.15, -0.1) is 0 Å². The number of carbonyl (C=O) groups is 1. The van der Waals surface area contributed by atoms with Crippen LogP contribution in [0.15, 0.2) is 107 Å². The van der Waals surface area contributed by atoms with Gasteiger partial charge < -0.3 is 11.1 Å². The van der Waals surface area contributed by atoms with Crippen LogP contribution in [0.2, 0.25) is 0 Å². The summed E-state index contributed by atoms with van der Waals surface area (Å²) in [5, 5.41) is 7.95. The zero-order valence-corrected chi connectivity index (χ0v) is 23.8. The molecule has 0 aliphatic heterocycles. The predicted octanol–water partition coefficient (Wildman–Crippen LogP) is 2.55. The average Bonchev–Trinajstić information content (AvgIpc) is 2.97. The van der Waals surface area contributed by atoms with E-state index in [4.69, 9.17) is 10.9 Å². The Morgan fingerprint density at radius 2 is 1.37 bits per heavy atom. The molecule has 0 aliphatic carbocycles. The number of nitrogens with one attached hydrogen (secondary N) is 1. The second-order valence-electron chi connectivity index (χ2n) is 9.33. The molecule has 12 heteroatoms. The van der Waals surface area contributed by atoms with Gasteiger partial charge in [-0.25, -0.2) is 22.0 Å². The van der Waals surface area contributed by atoms with Crippen molar-refractivity contribution in [1.82, 2.24) is 14.6 Å². The van der Waals surface area contributed by atoms with Gasteiger partial charge in [0.15, 0.2) is 0 Å². The fourth-order valence-corrected chi connectivity index (χ4v) is 5.99. The highest BCUT2D eigenvalue weighted by Gasteiger charge is 2.25. The topological polar surface area (TPSA) is 166 Å². The lowest BCUT2D eigenvalue weighted by Crippen LogP contribution is -2.30. The van der Waals surface area contributed by atoms with Gasteiger partial charge in [-0.2, -0.15) is 4.31 Å². The number of sulfonamides is 2. The first-order chi connectivity index (χ1) is 19.6. The molecule has 1 aromatic heterocycles. The van der Waals surface area contributed by atoms with Crippen LogP contribution in [-0.2, 0) is 46.1 Å². The second kappa shape index (κ2) is 13.1. The summed E-state index contributed by atoms with van der Waals surface area (Å²) in [7, 11) is -7.62. The van der Waals surface area contributed by atoms with Crippen LogP contribution >= 0.6 is 0 Å². The maximum Gasteiger partial charge on any atom is 0.251 e. The second-order valence-corrected chi connectivity index (χ2v) is 12.8. The van der Waals surface area contributed by atoms with E-state index in [1.807, 2.05) is 0 Å². The highest BCUT2D eigenvalue weighted by atomic mass is 32.2. The van der Waals surface area contributed by atoms with E-state index in [0.717, 1.165) is 11.1 Å². The molecule has 0 saturated carbocycles. The van der Waals surface area contributed by atoms with Crippen molar-refractivity contribution in [2.24, 2.45) is 10.9 Å². The molecule has 0 aliphatic rings. The van der Waals surface area contributed by atoms with Crippen molar-refractivity contribution < 1.29 is 21.6 Å². The largest absolute Gasteiger partial charge is 0.352 e. The fraction of sp³-hybridized carbons (Fsp3) is 0.172. The van der Waals surface area contributed by atoms with E-state index in [-0.39, 0.29) is 28.8 Å². The Morgan fingerprint density at radius 3 is 1.95 bits per heavy atom. The van der Waals surface area contributed by atoms with Gasteiger partial charge in [0, 0.05) is 31.4 Å². The number of amides is 1. The van der Waals surface area contributed by atoms with Crippen LogP contribution in [0.25, 0.3) is 0 Å². The minimum atomic E-state index is -3.87. The first kappa shape index (κ1) is 30.0. The Morgan fingerprint density at radius 1 is 0.756 bits per heavy atom. The molecule has 3 aromatic carbocycles. The molecule has 0 saturated heterocycles. The van der Waals surface area contributed by atoms with Crippen LogP contribution in [0.5, 0.6) is 0 Å². The lowest BCUT2D eigenvalue weighted by Gasteiger charge is -2.22. The molecule has 0 bridgehead atoms. The van der Waals surface area contributed by atoms with Gasteiger partial charge in [-0.3, -0.25) is 9.78 Å². The quantitative estimate of drug-likeness (QED) is 0.227. The van der Waals surface area contributed by atoms with E-state index in [1.54, 1.807) is 85.1 Å². The summed E-state index contributed by atoms with van der Waals surface area (Å²) in [5.41, 5.74) is 9.07. The minimum absolute atomic E-state index is 0.0290. The number of nitrogens with two attached hydrogens (primary N) is 2.